The second kappa shape index (κ2) is 9.78. The standard InChI is InChI=1S/C16H29NO3/c1-13(12-14-8-5-6-9-14)16(20)17-11-7-3-2-4-10-15(18)19/h13-14H,2-12H2,1H3,(H,17,20)(H,18,19). The van der Waals surface area contributed by atoms with Crippen LogP contribution in [0, 0.1) is 11.8 Å². The normalized spacial score (nSPS) is 17.1. The number of carbonyl (C=O) groups excluding carboxylic acids is 1. The highest BCUT2D eigenvalue weighted by Crippen LogP contribution is 2.30. The van der Waals surface area contributed by atoms with Gasteiger partial charge in [-0.15, -0.1) is 0 Å². The lowest BCUT2D eigenvalue weighted by Crippen LogP contribution is -2.30. The number of carboxylic acid groups (broad SMARTS) is 1. The van der Waals surface area contributed by atoms with Gasteiger partial charge in [0.15, 0.2) is 0 Å². The number of unbranched alkanes of at least 4 members (excludes halogenated alkanes) is 3. The Kier molecular flexibility index (Phi) is 8.31. The fraction of sp³-hybridized carbons (Fsp3) is 0.875. The largest absolute Gasteiger partial charge is 0.481 e. The predicted molar refractivity (Wildman–Crippen MR) is 79.5 cm³/mol. The van der Waals surface area contributed by atoms with Crippen LogP contribution in [0.25, 0.3) is 0 Å². The Morgan fingerprint density at radius 2 is 1.80 bits per heavy atom. The van der Waals surface area contributed by atoms with E-state index in [9.17, 15) is 9.59 Å². The molecule has 0 bridgehead atoms. The lowest BCUT2D eigenvalue weighted by Gasteiger charge is -2.16. The van der Waals surface area contributed by atoms with Crippen molar-refractivity contribution >= 4 is 11.9 Å². The SMILES string of the molecule is CC(CC1CCCC1)C(=O)NCCCCCCC(=O)O. The third kappa shape index (κ3) is 7.51. The van der Waals surface area contributed by atoms with Crippen LogP contribution < -0.4 is 5.32 Å². The summed E-state index contributed by atoms with van der Waals surface area (Å²) in [7, 11) is 0. The highest BCUT2D eigenvalue weighted by Gasteiger charge is 2.21. The van der Waals surface area contributed by atoms with Crippen LogP contribution in [0.2, 0.25) is 0 Å². The molecule has 1 unspecified atom stereocenters. The Morgan fingerprint density at radius 3 is 2.45 bits per heavy atom. The first-order valence-electron chi connectivity index (χ1n) is 8.09. The van der Waals surface area contributed by atoms with E-state index < -0.39 is 5.97 Å². The van der Waals surface area contributed by atoms with Crippen molar-refractivity contribution in [3.63, 3.8) is 0 Å². The summed E-state index contributed by atoms with van der Waals surface area (Å²) >= 11 is 0. The maximum absolute atomic E-state index is 11.9. The summed E-state index contributed by atoms with van der Waals surface area (Å²) < 4.78 is 0. The number of amides is 1. The van der Waals surface area contributed by atoms with E-state index in [4.69, 9.17) is 5.11 Å². The lowest BCUT2D eigenvalue weighted by atomic mass is 9.94. The van der Waals surface area contributed by atoms with E-state index in [0.29, 0.717) is 0 Å². The number of carbonyl (C=O) groups is 2. The Morgan fingerprint density at radius 1 is 1.15 bits per heavy atom. The molecule has 0 saturated heterocycles. The van der Waals surface area contributed by atoms with E-state index in [2.05, 4.69) is 5.32 Å². The van der Waals surface area contributed by atoms with Gasteiger partial charge in [0.1, 0.15) is 0 Å². The minimum atomic E-state index is -0.723. The molecule has 4 heteroatoms. The van der Waals surface area contributed by atoms with Crippen molar-refractivity contribution in [2.75, 3.05) is 6.54 Å². The summed E-state index contributed by atoms with van der Waals surface area (Å²) in [5.74, 6) is 0.346. The maximum atomic E-state index is 11.9. The van der Waals surface area contributed by atoms with Crippen LogP contribution >= 0.6 is 0 Å². The number of aliphatic carboxylic acids is 1. The highest BCUT2D eigenvalue weighted by atomic mass is 16.4. The van der Waals surface area contributed by atoms with Gasteiger partial charge in [0.2, 0.25) is 5.91 Å². The second-order valence-electron chi connectivity index (χ2n) is 6.14. The van der Waals surface area contributed by atoms with Gasteiger partial charge >= 0.3 is 5.97 Å². The number of hydrogen-bond acceptors (Lipinski definition) is 2. The quantitative estimate of drug-likeness (QED) is 0.604. The minimum Gasteiger partial charge on any atom is -0.481 e. The first kappa shape index (κ1) is 17.0. The summed E-state index contributed by atoms with van der Waals surface area (Å²) in [6.07, 6.45) is 10.1. The van der Waals surface area contributed by atoms with E-state index >= 15 is 0 Å². The van der Waals surface area contributed by atoms with Gasteiger partial charge in [-0.1, -0.05) is 45.4 Å². The third-order valence-electron chi connectivity index (χ3n) is 4.23. The molecule has 116 valence electrons. The first-order valence-corrected chi connectivity index (χ1v) is 8.09. The van der Waals surface area contributed by atoms with Crippen LogP contribution in [0.3, 0.4) is 0 Å². The zero-order chi connectivity index (χ0) is 14.8. The number of nitrogens with one attached hydrogen (secondary N) is 1. The van der Waals surface area contributed by atoms with Gasteiger partial charge in [-0.05, 0) is 25.2 Å². The average molecular weight is 283 g/mol. The van der Waals surface area contributed by atoms with Crippen LogP contribution in [0.4, 0.5) is 0 Å². The van der Waals surface area contributed by atoms with Gasteiger partial charge in [-0.25, -0.2) is 0 Å². The maximum Gasteiger partial charge on any atom is 0.303 e. The molecular formula is C16H29NO3. The van der Waals surface area contributed by atoms with Crippen molar-refractivity contribution in [1.82, 2.24) is 5.32 Å². The van der Waals surface area contributed by atoms with Crippen molar-refractivity contribution in [3.8, 4) is 0 Å². The molecule has 0 radical (unpaired) electrons. The summed E-state index contributed by atoms with van der Waals surface area (Å²) in [4.78, 5) is 22.3. The zero-order valence-corrected chi connectivity index (χ0v) is 12.7. The molecule has 4 nitrogen and oxygen atoms in total. The van der Waals surface area contributed by atoms with Crippen molar-refractivity contribution < 1.29 is 14.7 Å². The lowest BCUT2D eigenvalue weighted by molar-refractivity contribution is -0.137. The number of rotatable bonds is 10. The van der Waals surface area contributed by atoms with E-state index in [1.807, 2.05) is 6.92 Å². The molecule has 1 aliphatic rings. The molecule has 1 amide bonds. The van der Waals surface area contributed by atoms with E-state index in [1.54, 1.807) is 0 Å². The molecule has 1 aliphatic carbocycles. The molecule has 0 aromatic carbocycles. The summed E-state index contributed by atoms with van der Waals surface area (Å²) in [6.45, 7) is 2.75. The van der Waals surface area contributed by atoms with Gasteiger partial charge < -0.3 is 10.4 Å². The highest BCUT2D eigenvalue weighted by molar-refractivity contribution is 5.78. The van der Waals surface area contributed by atoms with Gasteiger partial charge in [0.05, 0.1) is 0 Å². The molecule has 1 atom stereocenters. The second-order valence-corrected chi connectivity index (χ2v) is 6.14. The first-order chi connectivity index (χ1) is 9.59. The minimum absolute atomic E-state index is 0.130. The molecule has 1 fully saturated rings. The van der Waals surface area contributed by atoms with Gasteiger partial charge in [-0.3, -0.25) is 9.59 Å². The topological polar surface area (TPSA) is 66.4 Å². The summed E-state index contributed by atoms with van der Waals surface area (Å²) in [5, 5.41) is 11.5. The number of carboxylic acids is 1. The fourth-order valence-electron chi connectivity index (χ4n) is 2.99. The average Bonchev–Trinajstić information content (AvgIpc) is 2.89. The monoisotopic (exact) mass is 283 g/mol. The van der Waals surface area contributed by atoms with Gasteiger partial charge in [0, 0.05) is 18.9 Å². The van der Waals surface area contributed by atoms with Crippen molar-refractivity contribution in [3.05, 3.63) is 0 Å². The molecule has 1 rings (SSSR count). The van der Waals surface area contributed by atoms with Crippen molar-refractivity contribution in [2.45, 2.75) is 71.1 Å². The smallest absolute Gasteiger partial charge is 0.303 e. The van der Waals surface area contributed by atoms with E-state index in [1.165, 1.54) is 25.7 Å². The predicted octanol–water partition coefficient (Wildman–Crippen LogP) is 3.35. The Bertz CT molecular complexity index is 298. The molecular weight excluding hydrogens is 254 g/mol. The molecule has 0 heterocycles. The van der Waals surface area contributed by atoms with Crippen LogP contribution in [0.1, 0.15) is 71.1 Å². The molecule has 0 aromatic rings. The zero-order valence-electron chi connectivity index (χ0n) is 12.7. The van der Waals surface area contributed by atoms with Gasteiger partial charge in [0.25, 0.3) is 0 Å². The van der Waals surface area contributed by atoms with Crippen LogP contribution in [-0.4, -0.2) is 23.5 Å². The fourth-order valence-corrected chi connectivity index (χ4v) is 2.99. The Hall–Kier alpha value is -1.06. The van der Waals surface area contributed by atoms with Crippen LogP contribution in [0.15, 0.2) is 0 Å². The number of hydrogen-bond donors (Lipinski definition) is 2. The molecule has 20 heavy (non-hydrogen) atoms. The molecule has 2 N–H and O–H groups in total. The van der Waals surface area contributed by atoms with E-state index in [0.717, 1.165) is 44.6 Å². The van der Waals surface area contributed by atoms with Crippen LogP contribution in [0.5, 0.6) is 0 Å². The van der Waals surface area contributed by atoms with Crippen LogP contribution in [-0.2, 0) is 9.59 Å². The molecule has 0 aromatic heterocycles. The van der Waals surface area contributed by atoms with Crippen molar-refractivity contribution in [1.29, 1.82) is 0 Å². The molecule has 1 saturated carbocycles. The Balaban J connectivity index is 1.97. The molecule has 0 spiro atoms. The summed E-state index contributed by atoms with van der Waals surface area (Å²) in [6, 6.07) is 0. The third-order valence-corrected chi connectivity index (χ3v) is 4.23. The van der Waals surface area contributed by atoms with Crippen molar-refractivity contribution in [2.24, 2.45) is 11.8 Å². The summed E-state index contributed by atoms with van der Waals surface area (Å²) in [5.41, 5.74) is 0. The Labute approximate surface area is 122 Å². The van der Waals surface area contributed by atoms with E-state index in [-0.39, 0.29) is 18.2 Å². The van der Waals surface area contributed by atoms with Gasteiger partial charge in [-0.2, -0.15) is 0 Å². The molecule has 0 aliphatic heterocycles.